The predicted octanol–water partition coefficient (Wildman–Crippen LogP) is 2.39. The summed E-state index contributed by atoms with van der Waals surface area (Å²) in [5, 5.41) is 20.6. The number of hydrogen-bond acceptors (Lipinski definition) is 4. The molecule has 1 aromatic heterocycles. The molecule has 0 unspecified atom stereocenters. The summed E-state index contributed by atoms with van der Waals surface area (Å²) in [5.41, 5.74) is 0.0434. The number of anilines is 1. The van der Waals surface area contributed by atoms with Crippen molar-refractivity contribution in [3.8, 4) is 5.75 Å². The van der Waals surface area contributed by atoms with E-state index < -0.39 is 11.9 Å². The summed E-state index contributed by atoms with van der Waals surface area (Å²) in [6, 6.07) is 8.22. The number of benzene rings is 1. The summed E-state index contributed by atoms with van der Waals surface area (Å²) < 4.78 is 0. The number of carboxylic acids is 1. The molecule has 0 saturated heterocycles. The SMILES string of the molecule is O=C(Nc1cccc(C(=O)O)n1)c1ccc(O)c(Cl)c1. The molecule has 102 valence electrons. The number of nitrogens with one attached hydrogen (secondary N) is 1. The first-order chi connectivity index (χ1) is 9.47. The minimum atomic E-state index is -1.19. The van der Waals surface area contributed by atoms with E-state index >= 15 is 0 Å². The molecule has 1 aromatic carbocycles. The Morgan fingerprint density at radius 2 is 1.95 bits per heavy atom. The second-order valence-corrected chi connectivity index (χ2v) is 4.24. The zero-order valence-electron chi connectivity index (χ0n) is 10.0. The van der Waals surface area contributed by atoms with Crippen molar-refractivity contribution in [1.29, 1.82) is 0 Å². The van der Waals surface area contributed by atoms with Crippen LogP contribution in [-0.2, 0) is 0 Å². The van der Waals surface area contributed by atoms with E-state index in [0.29, 0.717) is 0 Å². The monoisotopic (exact) mass is 292 g/mol. The lowest BCUT2D eigenvalue weighted by atomic mass is 10.2. The molecule has 1 amide bonds. The molecule has 0 saturated carbocycles. The highest BCUT2D eigenvalue weighted by molar-refractivity contribution is 6.32. The van der Waals surface area contributed by atoms with E-state index in [1.807, 2.05) is 0 Å². The highest BCUT2D eigenvalue weighted by Crippen LogP contribution is 2.23. The molecule has 2 aromatic rings. The Hall–Kier alpha value is -2.60. The van der Waals surface area contributed by atoms with Crippen molar-refractivity contribution in [2.24, 2.45) is 0 Å². The van der Waals surface area contributed by atoms with Crippen molar-refractivity contribution in [2.75, 3.05) is 5.32 Å². The van der Waals surface area contributed by atoms with Crippen LogP contribution in [0.2, 0.25) is 5.02 Å². The lowest BCUT2D eigenvalue weighted by molar-refractivity contribution is 0.0690. The molecule has 0 aliphatic carbocycles. The van der Waals surface area contributed by atoms with Gasteiger partial charge in [-0.25, -0.2) is 9.78 Å². The first-order valence-electron chi connectivity index (χ1n) is 5.47. The van der Waals surface area contributed by atoms with Gasteiger partial charge in [0.05, 0.1) is 5.02 Å². The molecule has 0 aliphatic heterocycles. The largest absolute Gasteiger partial charge is 0.506 e. The fourth-order valence-corrected chi connectivity index (χ4v) is 1.64. The number of aromatic carboxylic acids is 1. The Morgan fingerprint density at radius 3 is 2.60 bits per heavy atom. The number of amides is 1. The van der Waals surface area contributed by atoms with Crippen molar-refractivity contribution in [3.05, 3.63) is 52.7 Å². The van der Waals surface area contributed by atoms with Crippen LogP contribution in [-0.4, -0.2) is 27.1 Å². The first kappa shape index (κ1) is 13.8. The van der Waals surface area contributed by atoms with E-state index in [4.69, 9.17) is 16.7 Å². The van der Waals surface area contributed by atoms with Gasteiger partial charge in [-0.3, -0.25) is 4.79 Å². The van der Waals surface area contributed by atoms with Gasteiger partial charge in [0.2, 0.25) is 0 Å². The molecule has 0 aliphatic rings. The smallest absolute Gasteiger partial charge is 0.354 e. The lowest BCUT2D eigenvalue weighted by Crippen LogP contribution is -2.14. The number of phenols is 1. The molecule has 0 bridgehead atoms. The van der Waals surface area contributed by atoms with Gasteiger partial charge in [0.25, 0.3) is 5.91 Å². The Morgan fingerprint density at radius 1 is 1.20 bits per heavy atom. The summed E-state index contributed by atoms with van der Waals surface area (Å²) in [6.07, 6.45) is 0. The van der Waals surface area contributed by atoms with Crippen LogP contribution in [0.1, 0.15) is 20.8 Å². The van der Waals surface area contributed by atoms with Crippen molar-refractivity contribution < 1.29 is 19.8 Å². The van der Waals surface area contributed by atoms with E-state index in [1.54, 1.807) is 0 Å². The molecule has 1 heterocycles. The van der Waals surface area contributed by atoms with Gasteiger partial charge in [-0.05, 0) is 30.3 Å². The number of carboxylic acid groups (broad SMARTS) is 1. The maximum atomic E-state index is 11.9. The highest BCUT2D eigenvalue weighted by atomic mass is 35.5. The van der Waals surface area contributed by atoms with Crippen LogP contribution in [0.4, 0.5) is 5.82 Å². The van der Waals surface area contributed by atoms with Gasteiger partial charge in [-0.2, -0.15) is 0 Å². The molecule has 6 nitrogen and oxygen atoms in total. The normalized spacial score (nSPS) is 10.1. The topological polar surface area (TPSA) is 99.5 Å². The molecule has 2 rings (SSSR count). The minimum absolute atomic E-state index is 0.0462. The fourth-order valence-electron chi connectivity index (χ4n) is 1.46. The average Bonchev–Trinajstić information content (AvgIpc) is 2.42. The third-order valence-electron chi connectivity index (χ3n) is 2.42. The Balaban J connectivity index is 2.21. The van der Waals surface area contributed by atoms with Gasteiger partial charge in [0.15, 0.2) is 5.69 Å². The number of aromatic hydroxyl groups is 1. The molecule has 0 atom stereocenters. The first-order valence-corrected chi connectivity index (χ1v) is 5.85. The molecule has 0 fully saturated rings. The van der Waals surface area contributed by atoms with Crippen LogP contribution >= 0.6 is 11.6 Å². The van der Waals surface area contributed by atoms with E-state index in [-0.39, 0.29) is 27.8 Å². The number of halogens is 1. The minimum Gasteiger partial charge on any atom is -0.506 e. The van der Waals surface area contributed by atoms with Crippen molar-refractivity contribution in [1.82, 2.24) is 4.98 Å². The lowest BCUT2D eigenvalue weighted by Gasteiger charge is -2.06. The number of hydrogen-bond donors (Lipinski definition) is 3. The number of carbonyl (C=O) groups is 2. The van der Waals surface area contributed by atoms with Crippen LogP contribution < -0.4 is 5.32 Å². The van der Waals surface area contributed by atoms with Crippen LogP contribution in [0, 0.1) is 0 Å². The van der Waals surface area contributed by atoms with Crippen LogP contribution in [0.5, 0.6) is 5.75 Å². The summed E-state index contributed by atoms with van der Waals surface area (Å²) >= 11 is 5.70. The molecule has 0 spiro atoms. The Kier molecular flexibility index (Phi) is 3.86. The van der Waals surface area contributed by atoms with Gasteiger partial charge in [-0.15, -0.1) is 0 Å². The second-order valence-electron chi connectivity index (χ2n) is 3.83. The summed E-state index contributed by atoms with van der Waals surface area (Å²) in [5.74, 6) is -1.72. The third kappa shape index (κ3) is 3.04. The molecule has 20 heavy (non-hydrogen) atoms. The molecule has 0 radical (unpaired) electrons. The quantitative estimate of drug-likeness (QED) is 0.806. The fraction of sp³-hybridized carbons (Fsp3) is 0. The summed E-state index contributed by atoms with van der Waals surface area (Å²) in [7, 11) is 0. The van der Waals surface area contributed by atoms with E-state index in [0.717, 1.165) is 0 Å². The van der Waals surface area contributed by atoms with Crippen molar-refractivity contribution >= 4 is 29.3 Å². The van der Waals surface area contributed by atoms with E-state index in [9.17, 15) is 14.7 Å². The predicted molar refractivity (Wildman–Crippen MR) is 72.3 cm³/mol. The van der Waals surface area contributed by atoms with Gasteiger partial charge >= 0.3 is 5.97 Å². The van der Waals surface area contributed by atoms with Gasteiger partial charge < -0.3 is 15.5 Å². The second kappa shape index (κ2) is 5.58. The number of carbonyl (C=O) groups excluding carboxylic acids is 1. The standard InChI is InChI=1S/C13H9ClN2O4/c14-8-6-7(4-5-10(8)17)12(18)16-11-3-1-2-9(15-11)13(19)20/h1-6,17H,(H,19,20)(H,15,16,18). The number of rotatable bonds is 3. The van der Waals surface area contributed by atoms with Crippen LogP contribution in [0.15, 0.2) is 36.4 Å². The molecule has 3 N–H and O–H groups in total. The van der Waals surface area contributed by atoms with Crippen LogP contribution in [0.25, 0.3) is 0 Å². The molecule has 7 heteroatoms. The zero-order valence-corrected chi connectivity index (χ0v) is 10.8. The molecular formula is C13H9ClN2O4. The Bertz CT molecular complexity index is 688. The number of nitrogens with zero attached hydrogens (tertiary/aromatic N) is 1. The third-order valence-corrected chi connectivity index (χ3v) is 2.72. The average molecular weight is 293 g/mol. The van der Waals surface area contributed by atoms with Crippen molar-refractivity contribution in [3.63, 3.8) is 0 Å². The number of aromatic nitrogens is 1. The van der Waals surface area contributed by atoms with E-state index in [1.165, 1.54) is 36.4 Å². The van der Waals surface area contributed by atoms with Crippen LogP contribution in [0.3, 0.4) is 0 Å². The van der Waals surface area contributed by atoms with Gasteiger partial charge in [-0.1, -0.05) is 17.7 Å². The maximum absolute atomic E-state index is 11.9. The number of pyridine rings is 1. The van der Waals surface area contributed by atoms with Gasteiger partial charge in [0, 0.05) is 5.56 Å². The van der Waals surface area contributed by atoms with Crippen molar-refractivity contribution in [2.45, 2.75) is 0 Å². The summed E-state index contributed by atoms with van der Waals surface area (Å²) in [6.45, 7) is 0. The van der Waals surface area contributed by atoms with Gasteiger partial charge in [0.1, 0.15) is 11.6 Å². The number of phenolic OH excluding ortho intramolecular Hbond substituents is 1. The maximum Gasteiger partial charge on any atom is 0.354 e. The Labute approximate surface area is 118 Å². The molecular weight excluding hydrogens is 284 g/mol. The zero-order chi connectivity index (χ0) is 14.7. The highest BCUT2D eigenvalue weighted by Gasteiger charge is 2.11. The summed E-state index contributed by atoms with van der Waals surface area (Å²) in [4.78, 5) is 26.5. The van der Waals surface area contributed by atoms with E-state index in [2.05, 4.69) is 10.3 Å².